The van der Waals surface area contributed by atoms with E-state index in [0.717, 1.165) is 6.07 Å². The lowest BCUT2D eigenvalue weighted by Gasteiger charge is -2.02. The Kier molecular flexibility index (Phi) is 3.98. The SMILES string of the molecule is N#C/C(=N\Nc1cccc(S(=O)(=O)O)c1)C(=N)N. The smallest absolute Gasteiger partial charge is 0.294 e. The van der Waals surface area contributed by atoms with E-state index in [9.17, 15) is 8.42 Å². The molecule has 1 aromatic rings. The van der Waals surface area contributed by atoms with Crippen molar-refractivity contribution in [3.63, 3.8) is 0 Å². The van der Waals surface area contributed by atoms with Crippen LogP contribution in [0.5, 0.6) is 0 Å². The van der Waals surface area contributed by atoms with Gasteiger partial charge in [0.25, 0.3) is 10.1 Å². The maximum atomic E-state index is 10.9. The second-order valence-electron chi connectivity index (χ2n) is 3.10. The van der Waals surface area contributed by atoms with E-state index in [1.807, 2.05) is 0 Å². The molecule has 1 aromatic carbocycles. The zero-order valence-electron chi connectivity index (χ0n) is 8.95. The van der Waals surface area contributed by atoms with Crippen molar-refractivity contribution >= 4 is 27.4 Å². The molecule has 0 spiro atoms. The van der Waals surface area contributed by atoms with Gasteiger partial charge in [0.05, 0.1) is 10.6 Å². The molecule has 5 N–H and O–H groups in total. The summed E-state index contributed by atoms with van der Waals surface area (Å²) in [5.74, 6) is -0.518. The number of rotatable bonds is 4. The third-order valence-electron chi connectivity index (χ3n) is 1.79. The van der Waals surface area contributed by atoms with E-state index in [-0.39, 0.29) is 16.3 Å². The van der Waals surface area contributed by atoms with Crippen molar-refractivity contribution in [1.29, 1.82) is 10.7 Å². The molecule has 0 atom stereocenters. The van der Waals surface area contributed by atoms with Gasteiger partial charge in [-0.2, -0.15) is 18.8 Å². The van der Waals surface area contributed by atoms with Crippen LogP contribution in [0, 0.1) is 16.7 Å². The molecule has 18 heavy (non-hydrogen) atoms. The molecule has 8 nitrogen and oxygen atoms in total. The fourth-order valence-electron chi connectivity index (χ4n) is 0.992. The maximum Gasteiger partial charge on any atom is 0.294 e. The molecule has 0 saturated carbocycles. The molecule has 94 valence electrons. The summed E-state index contributed by atoms with van der Waals surface area (Å²) in [4.78, 5) is -0.316. The van der Waals surface area contributed by atoms with Gasteiger partial charge in [-0.25, -0.2) is 0 Å². The van der Waals surface area contributed by atoms with Crippen molar-refractivity contribution in [1.82, 2.24) is 0 Å². The van der Waals surface area contributed by atoms with Gasteiger partial charge in [0.15, 0.2) is 5.84 Å². The lowest BCUT2D eigenvalue weighted by atomic mass is 10.3. The number of benzene rings is 1. The second-order valence-corrected chi connectivity index (χ2v) is 4.52. The first-order valence-electron chi connectivity index (χ1n) is 4.50. The fourth-order valence-corrected chi connectivity index (χ4v) is 1.52. The largest absolute Gasteiger partial charge is 0.382 e. The van der Waals surface area contributed by atoms with Gasteiger partial charge in [0.1, 0.15) is 6.07 Å². The molecule has 0 aliphatic heterocycles. The Bertz CT molecular complexity index is 644. The number of nitrogens with zero attached hydrogens (tertiary/aromatic N) is 2. The minimum atomic E-state index is -4.31. The lowest BCUT2D eigenvalue weighted by Crippen LogP contribution is -2.21. The summed E-state index contributed by atoms with van der Waals surface area (Å²) in [6.07, 6.45) is 0. The van der Waals surface area contributed by atoms with Crippen LogP contribution in [-0.2, 0) is 10.1 Å². The molecule has 0 aliphatic carbocycles. The fraction of sp³-hybridized carbons (Fsp3) is 0. The summed E-state index contributed by atoms with van der Waals surface area (Å²) >= 11 is 0. The monoisotopic (exact) mass is 267 g/mol. The van der Waals surface area contributed by atoms with Crippen LogP contribution in [-0.4, -0.2) is 24.5 Å². The number of nitrogens with one attached hydrogen (secondary N) is 2. The number of hydrogen-bond acceptors (Lipinski definition) is 6. The predicted octanol–water partition coefficient (Wildman–Crippen LogP) is 0.161. The Morgan fingerprint density at radius 2 is 2.22 bits per heavy atom. The minimum Gasteiger partial charge on any atom is -0.382 e. The summed E-state index contributed by atoms with van der Waals surface area (Å²) in [6.45, 7) is 0. The maximum absolute atomic E-state index is 10.9. The molecule has 9 heteroatoms. The van der Waals surface area contributed by atoms with Gasteiger partial charge < -0.3 is 5.73 Å². The van der Waals surface area contributed by atoms with Gasteiger partial charge in [-0.15, -0.1) is 0 Å². The topological polar surface area (TPSA) is 152 Å². The predicted molar refractivity (Wildman–Crippen MR) is 64.8 cm³/mol. The van der Waals surface area contributed by atoms with Crippen molar-refractivity contribution in [2.24, 2.45) is 10.8 Å². The number of nitriles is 1. The number of hydrazone groups is 1. The van der Waals surface area contributed by atoms with Crippen LogP contribution in [0.1, 0.15) is 0 Å². The van der Waals surface area contributed by atoms with E-state index in [0.29, 0.717) is 0 Å². The van der Waals surface area contributed by atoms with E-state index in [1.54, 1.807) is 6.07 Å². The summed E-state index contributed by atoms with van der Waals surface area (Å²) in [6, 6.07) is 6.74. The molecule has 0 amide bonds. The van der Waals surface area contributed by atoms with Crippen LogP contribution in [0.25, 0.3) is 0 Å². The van der Waals surface area contributed by atoms with Gasteiger partial charge in [-0.3, -0.25) is 15.4 Å². The molecule has 0 saturated heterocycles. The van der Waals surface area contributed by atoms with E-state index in [4.69, 9.17) is 21.0 Å². The Hall–Kier alpha value is -2.44. The van der Waals surface area contributed by atoms with Crippen molar-refractivity contribution in [2.75, 3.05) is 5.43 Å². The summed E-state index contributed by atoms with van der Waals surface area (Å²) in [7, 11) is -4.31. The first kappa shape index (κ1) is 13.6. The van der Waals surface area contributed by atoms with Crippen LogP contribution in [0.15, 0.2) is 34.3 Å². The molecular weight excluding hydrogens is 258 g/mol. The van der Waals surface area contributed by atoms with Crippen LogP contribution < -0.4 is 11.2 Å². The zero-order valence-corrected chi connectivity index (χ0v) is 9.77. The third kappa shape index (κ3) is 3.55. The average molecular weight is 267 g/mol. The van der Waals surface area contributed by atoms with Gasteiger partial charge in [0.2, 0.25) is 5.71 Å². The lowest BCUT2D eigenvalue weighted by molar-refractivity contribution is 0.483. The van der Waals surface area contributed by atoms with Gasteiger partial charge >= 0.3 is 0 Å². The Morgan fingerprint density at radius 3 is 2.72 bits per heavy atom. The van der Waals surface area contributed by atoms with Gasteiger partial charge in [-0.1, -0.05) is 6.07 Å². The molecule has 0 aromatic heterocycles. The highest BCUT2D eigenvalue weighted by Crippen LogP contribution is 2.14. The molecule has 1 rings (SSSR count). The molecule has 0 radical (unpaired) electrons. The van der Waals surface area contributed by atoms with Crippen molar-refractivity contribution < 1.29 is 13.0 Å². The Labute approximate surface area is 103 Å². The molecule has 0 heterocycles. The normalized spacial score (nSPS) is 11.7. The standard InChI is InChI=1S/C9H9N5O3S/c10-5-8(9(11)12)14-13-6-2-1-3-7(4-6)18(15,16)17/h1-4,13H,(H3,11,12)(H,15,16,17)/b14-8+. The minimum absolute atomic E-state index is 0.221. The Balaban J connectivity index is 3.01. The van der Waals surface area contributed by atoms with E-state index >= 15 is 0 Å². The number of nitrogens with two attached hydrogens (primary N) is 1. The zero-order chi connectivity index (χ0) is 13.8. The molecule has 0 unspecified atom stereocenters. The van der Waals surface area contributed by atoms with Gasteiger partial charge in [0, 0.05) is 0 Å². The van der Waals surface area contributed by atoms with Crippen LogP contribution in [0.2, 0.25) is 0 Å². The molecule has 0 bridgehead atoms. The number of amidine groups is 1. The van der Waals surface area contributed by atoms with Crippen LogP contribution in [0.3, 0.4) is 0 Å². The summed E-state index contributed by atoms with van der Waals surface area (Å²) in [5, 5.41) is 19.1. The first-order chi connectivity index (χ1) is 8.34. The third-order valence-corrected chi connectivity index (χ3v) is 2.64. The molecule has 0 fully saturated rings. The molecular formula is C9H9N5O3S. The van der Waals surface area contributed by atoms with Crippen molar-refractivity contribution in [3.05, 3.63) is 24.3 Å². The average Bonchev–Trinajstić information content (AvgIpc) is 2.28. The molecule has 0 aliphatic rings. The van der Waals surface area contributed by atoms with Gasteiger partial charge in [-0.05, 0) is 18.2 Å². The van der Waals surface area contributed by atoms with Crippen LogP contribution in [0.4, 0.5) is 5.69 Å². The number of hydrogen-bond donors (Lipinski definition) is 4. The van der Waals surface area contributed by atoms with E-state index in [2.05, 4.69) is 10.5 Å². The first-order valence-corrected chi connectivity index (χ1v) is 5.94. The Morgan fingerprint density at radius 1 is 1.56 bits per heavy atom. The second kappa shape index (κ2) is 5.26. The van der Waals surface area contributed by atoms with Crippen LogP contribution >= 0.6 is 0 Å². The van der Waals surface area contributed by atoms with E-state index in [1.165, 1.54) is 18.2 Å². The van der Waals surface area contributed by atoms with Crippen molar-refractivity contribution in [3.8, 4) is 6.07 Å². The van der Waals surface area contributed by atoms with E-state index < -0.39 is 16.0 Å². The summed E-state index contributed by atoms with van der Waals surface area (Å²) < 4.78 is 30.6. The highest BCUT2D eigenvalue weighted by molar-refractivity contribution is 7.85. The van der Waals surface area contributed by atoms with Crippen molar-refractivity contribution in [2.45, 2.75) is 4.90 Å². The summed E-state index contributed by atoms with van der Waals surface area (Å²) in [5.41, 5.74) is 7.30. The highest BCUT2D eigenvalue weighted by atomic mass is 32.2. The highest BCUT2D eigenvalue weighted by Gasteiger charge is 2.09. The quantitative estimate of drug-likeness (QED) is 0.264. The number of anilines is 1.